The summed E-state index contributed by atoms with van der Waals surface area (Å²) in [6.45, 7) is 0. The Hall–Kier alpha value is -3.11. The van der Waals surface area contributed by atoms with Crippen molar-refractivity contribution in [2.45, 2.75) is 6.04 Å². The van der Waals surface area contributed by atoms with Crippen molar-refractivity contribution in [3.05, 3.63) is 90.2 Å². The smallest absolute Gasteiger partial charge is 0.171 e. The summed E-state index contributed by atoms with van der Waals surface area (Å²) in [6, 6.07) is 24.8. The summed E-state index contributed by atoms with van der Waals surface area (Å²) >= 11 is 5.41. The van der Waals surface area contributed by atoms with Gasteiger partial charge in [0.1, 0.15) is 5.58 Å². The zero-order chi connectivity index (χ0) is 17.5. The molecule has 0 spiro atoms. The predicted molar refractivity (Wildman–Crippen MR) is 110 cm³/mol. The van der Waals surface area contributed by atoms with Crippen molar-refractivity contribution in [3.63, 3.8) is 0 Å². The fourth-order valence-electron chi connectivity index (χ4n) is 3.46. The molecule has 1 aliphatic rings. The number of thiocarbonyl (C=S) groups is 1. The summed E-state index contributed by atoms with van der Waals surface area (Å²) in [5, 5.41) is 10.6. The van der Waals surface area contributed by atoms with E-state index in [1.54, 1.807) is 0 Å². The van der Waals surface area contributed by atoms with Crippen LogP contribution in [0.4, 0.5) is 0 Å². The molecule has 0 radical (unpaired) electrons. The lowest BCUT2D eigenvalue weighted by atomic mass is 10.0. The van der Waals surface area contributed by atoms with Gasteiger partial charge in [-0.3, -0.25) is 0 Å². The van der Waals surface area contributed by atoms with Gasteiger partial charge in [0.15, 0.2) is 10.9 Å². The van der Waals surface area contributed by atoms with Crippen molar-refractivity contribution >= 4 is 44.8 Å². The standard InChI is InChI=1S/C22H16N2OS/c26-22-23-18(15-7-2-1-3-8-15)13-19(24-22)21-12-17-16-9-5-4-6-14(16)10-11-20(17)25-21/h1-13,18H,(H2,23,24,26). The number of rotatable bonds is 2. The second-order valence-electron chi connectivity index (χ2n) is 6.38. The van der Waals surface area contributed by atoms with Crippen molar-refractivity contribution in [2.75, 3.05) is 0 Å². The molecule has 1 unspecified atom stereocenters. The molecule has 3 aromatic carbocycles. The zero-order valence-electron chi connectivity index (χ0n) is 13.9. The molecule has 0 bridgehead atoms. The van der Waals surface area contributed by atoms with Gasteiger partial charge in [-0.1, -0.05) is 60.7 Å². The lowest BCUT2D eigenvalue weighted by Gasteiger charge is -2.25. The molecule has 26 heavy (non-hydrogen) atoms. The normalized spacial score (nSPS) is 17.0. The van der Waals surface area contributed by atoms with Crippen LogP contribution in [0.15, 0.2) is 83.3 Å². The van der Waals surface area contributed by atoms with E-state index in [2.05, 4.69) is 65.2 Å². The molecule has 4 heteroatoms. The lowest BCUT2D eigenvalue weighted by Crippen LogP contribution is -2.40. The first-order valence-corrected chi connectivity index (χ1v) is 8.95. The van der Waals surface area contributed by atoms with Crippen molar-refractivity contribution < 1.29 is 4.42 Å². The minimum atomic E-state index is 0.0184. The summed E-state index contributed by atoms with van der Waals surface area (Å²) in [4.78, 5) is 0. The third-order valence-electron chi connectivity index (χ3n) is 4.72. The average Bonchev–Trinajstić information content (AvgIpc) is 3.13. The van der Waals surface area contributed by atoms with Gasteiger partial charge in [0, 0.05) is 5.39 Å². The molecule has 126 valence electrons. The number of furan rings is 1. The highest BCUT2D eigenvalue weighted by Crippen LogP contribution is 2.32. The highest BCUT2D eigenvalue weighted by molar-refractivity contribution is 7.80. The highest BCUT2D eigenvalue weighted by atomic mass is 32.1. The van der Waals surface area contributed by atoms with Crippen molar-refractivity contribution in [1.29, 1.82) is 0 Å². The number of hydrogen-bond acceptors (Lipinski definition) is 2. The van der Waals surface area contributed by atoms with Gasteiger partial charge >= 0.3 is 0 Å². The third kappa shape index (κ3) is 2.55. The summed E-state index contributed by atoms with van der Waals surface area (Å²) in [5.41, 5.74) is 2.93. The summed E-state index contributed by atoms with van der Waals surface area (Å²) in [5.74, 6) is 0.793. The Morgan fingerprint density at radius 3 is 2.54 bits per heavy atom. The fraction of sp³-hybridized carbons (Fsp3) is 0.0455. The topological polar surface area (TPSA) is 37.2 Å². The fourth-order valence-corrected chi connectivity index (χ4v) is 3.70. The number of fused-ring (bicyclic) bond motifs is 3. The molecule has 2 N–H and O–H groups in total. The maximum absolute atomic E-state index is 6.13. The van der Waals surface area contributed by atoms with Gasteiger partial charge < -0.3 is 15.1 Å². The van der Waals surface area contributed by atoms with Crippen LogP contribution in [0.3, 0.4) is 0 Å². The first-order valence-electron chi connectivity index (χ1n) is 8.54. The van der Waals surface area contributed by atoms with Crippen molar-refractivity contribution in [1.82, 2.24) is 10.6 Å². The molecular weight excluding hydrogens is 340 g/mol. The van der Waals surface area contributed by atoms with Gasteiger partial charge in [-0.2, -0.15) is 0 Å². The Bertz CT molecular complexity index is 1160. The molecule has 4 aromatic rings. The Morgan fingerprint density at radius 2 is 1.65 bits per heavy atom. The van der Waals surface area contributed by atoms with E-state index in [1.807, 2.05) is 24.3 Å². The molecule has 2 heterocycles. The van der Waals surface area contributed by atoms with E-state index in [-0.39, 0.29) is 6.04 Å². The van der Waals surface area contributed by atoms with Crippen molar-refractivity contribution in [3.8, 4) is 0 Å². The van der Waals surface area contributed by atoms with E-state index in [9.17, 15) is 0 Å². The molecule has 1 atom stereocenters. The van der Waals surface area contributed by atoms with E-state index < -0.39 is 0 Å². The van der Waals surface area contributed by atoms with E-state index in [0.717, 1.165) is 28.0 Å². The molecule has 1 aliphatic heterocycles. The maximum Gasteiger partial charge on any atom is 0.171 e. The average molecular weight is 356 g/mol. The molecule has 5 rings (SSSR count). The monoisotopic (exact) mass is 356 g/mol. The van der Waals surface area contributed by atoms with E-state index in [0.29, 0.717) is 5.11 Å². The van der Waals surface area contributed by atoms with Crippen LogP contribution in [0.1, 0.15) is 17.4 Å². The molecule has 0 amide bonds. The molecule has 0 saturated heterocycles. The molecule has 0 fully saturated rings. The van der Waals surface area contributed by atoms with Crippen LogP contribution in [0, 0.1) is 0 Å². The summed E-state index contributed by atoms with van der Waals surface area (Å²) < 4.78 is 6.13. The van der Waals surface area contributed by atoms with Crippen LogP contribution < -0.4 is 10.6 Å². The highest BCUT2D eigenvalue weighted by Gasteiger charge is 2.20. The van der Waals surface area contributed by atoms with Crippen LogP contribution in [0.2, 0.25) is 0 Å². The van der Waals surface area contributed by atoms with Crippen LogP contribution in [0.25, 0.3) is 27.4 Å². The Kier molecular flexibility index (Phi) is 3.50. The van der Waals surface area contributed by atoms with Crippen LogP contribution in [0.5, 0.6) is 0 Å². The quantitative estimate of drug-likeness (QED) is 0.487. The van der Waals surface area contributed by atoms with Gasteiger partial charge in [0.25, 0.3) is 0 Å². The summed E-state index contributed by atoms with van der Waals surface area (Å²) in [6.07, 6.45) is 2.12. The lowest BCUT2D eigenvalue weighted by molar-refractivity contribution is 0.592. The SMILES string of the molecule is S=C1NC(c2cc3c(ccc4ccccc43)o2)=CC(c2ccccc2)N1. The molecule has 1 aromatic heterocycles. The number of benzene rings is 3. The van der Waals surface area contributed by atoms with Gasteiger partial charge in [0.2, 0.25) is 0 Å². The van der Waals surface area contributed by atoms with E-state index in [1.165, 1.54) is 10.8 Å². The molecular formula is C22H16N2OS. The van der Waals surface area contributed by atoms with E-state index in [4.69, 9.17) is 16.6 Å². The molecule has 0 aliphatic carbocycles. The number of nitrogens with one attached hydrogen (secondary N) is 2. The summed E-state index contributed by atoms with van der Waals surface area (Å²) in [7, 11) is 0. The first-order chi connectivity index (χ1) is 12.8. The maximum atomic E-state index is 6.13. The first kappa shape index (κ1) is 15.2. The van der Waals surface area contributed by atoms with Gasteiger partial charge in [0.05, 0.1) is 11.7 Å². The second-order valence-corrected chi connectivity index (χ2v) is 6.78. The van der Waals surface area contributed by atoms with Crippen LogP contribution in [-0.2, 0) is 0 Å². The minimum Gasteiger partial charge on any atom is -0.455 e. The Labute approximate surface area is 156 Å². The number of hydrogen-bond donors (Lipinski definition) is 2. The third-order valence-corrected chi connectivity index (χ3v) is 4.94. The van der Waals surface area contributed by atoms with E-state index >= 15 is 0 Å². The predicted octanol–water partition coefficient (Wildman–Crippen LogP) is 5.15. The van der Waals surface area contributed by atoms with Crippen molar-refractivity contribution in [2.24, 2.45) is 0 Å². The largest absolute Gasteiger partial charge is 0.455 e. The second kappa shape index (κ2) is 6.00. The molecule has 0 saturated carbocycles. The van der Waals surface area contributed by atoms with Gasteiger partial charge in [-0.05, 0) is 46.8 Å². The van der Waals surface area contributed by atoms with Gasteiger partial charge in [-0.25, -0.2) is 0 Å². The minimum absolute atomic E-state index is 0.0184. The van der Waals surface area contributed by atoms with Crippen LogP contribution >= 0.6 is 12.2 Å². The van der Waals surface area contributed by atoms with Gasteiger partial charge in [-0.15, -0.1) is 0 Å². The zero-order valence-corrected chi connectivity index (χ0v) is 14.7. The Morgan fingerprint density at radius 1 is 0.846 bits per heavy atom. The molecule has 3 nitrogen and oxygen atoms in total. The Balaban J connectivity index is 1.63. The van der Waals surface area contributed by atoms with Crippen LogP contribution in [-0.4, -0.2) is 5.11 Å².